The highest BCUT2D eigenvalue weighted by atomic mass is 79.9. The van der Waals surface area contributed by atoms with Gasteiger partial charge in [-0.25, -0.2) is 13.8 Å². The molecule has 2 nitrogen and oxygen atoms in total. The zero-order valence-corrected chi connectivity index (χ0v) is 8.71. The Hall–Kier alpha value is -0.970. The Balaban J connectivity index is 2.47. The SMILES string of the molecule is FC(F)Cn1ccc2cc(Br)cnc21. The van der Waals surface area contributed by atoms with Crippen molar-refractivity contribution in [2.24, 2.45) is 0 Å². The van der Waals surface area contributed by atoms with Crippen molar-refractivity contribution in [3.05, 3.63) is 29.0 Å². The molecular formula is C9H7BrF2N2. The lowest BCUT2D eigenvalue weighted by molar-refractivity contribution is 0.128. The molecule has 2 heterocycles. The molecule has 2 aromatic heterocycles. The van der Waals surface area contributed by atoms with E-state index in [9.17, 15) is 8.78 Å². The van der Waals surface area contributed by atoms with E-state index in [-0.39, 0.29) is 6.54 Å². The minimum absolute atomic E-state index is 0.307. The number of aromatic nitrogens is 2. The predicted molar refractivity (Wildman–Crippen MR) is 53.4 cm³/mol. The monoisotopic (exact) mass is 260 g/mol. The molecule has 0 amide bonds. The maximum Gasteiger partial charge on any atom is 0.256 e. The van der Waals surface area contributed by atoms with E-state index in [1.807, 2.05) is 6.07 Å². The van der Waals surface area contributed by atoms with Crippen LogP contribution in [0.1, 0.15) is 0 Å². The van der Waals surface area contributed by atoms with Crippen molar-refractivity contribution < 1.29 is 8.78 Å². The zero-order valence-electron chi connectivity index (χ0n) is 7.12. The van der Waals surface area contributed by atoms with Gasteiger partial charge in [-0.1, -0.05) is 0 Å². The normalized spacial score (nSPS) is 11.4. The Kier molecular flexibility index (Phi) is 2.50. The molecule has 0 spiro atoms. The molecule has 0 bridgehead atoms. The molecular weight excluding hydrogens is 254 g/mol. The smallest absolute Gasteiger partial charge is 0.256 e. The molecule has 0 aromatic carbocycles. The van der Waals surface area contributed by atoms with Crippen molar-refractivity contribution in [3.8, 4) is 0 Å². The summed E-state index contributed by atoms with van der Waals surface area (Å²) in [5.41, 5.74) is 0.591. The van der Waals surface area contributed by atoms with E-state index in [1.54, 1.807) is 18.5 Å². The van der Waals surface area contributed by atoms with E-state index in [0.717, 1.165) is 9.86 Å². The molecule has 2 rings (SSSR count). The van der Waals surface area contributed by atoms with E-state index >= 15 is 0 Å². The fourth-order valence-electron chi connectivity index (χ4n) is 1.35. The summed E-state index contributed by atoms with van der Waals surface area (Å²) in [6.07, 6.45) is 0.872. The predicted octanol–water partition coefficient (Wildman–Crippen LogP) is 3.06. The summed E-state index contributed by atoms with van der Waals surface area (Å²) in [5.74, 6) is 0. The van der Waals surface area contributed by atoms with Crippen LogP contribution >= 0.6 is 15.9 Å². The topological polar surface area (TPSA) is 17.8 Å². The van der Waals surface area contributed by atoms with E-state index in [0.29, 0.717) is 5.65 Å². The van der Waals surface area contributed by atoms with Crippen molar-refractivity contribution in [3.63, 3.8) is 0 Å². The number of halogens is 3. The molecule has 0 unspecified atom stereocenters. The first-order valence-corrected chi connectivity index (χ1v) is 4.84. The average Bonchev–Trinajstić information content (AvgIpc) is 2.47. The number of alkyl halides is 2. The van der Waals surface area contributed by atoms with Crippen LogP contribution in [0.3, 0.4) is 0 Å². The van der Waals surface area contributed by atoms with Crippen LogP contribution in [0, 0.1) is 0 Å². The molecule has 14 heavy (non-hydrogen) atoms. The fraction of sp³-hybridized carbons (Fsp3) is 0.222. The lowest BCUT2D eigenvalue weighted by Gasteiger charge is -2.02. The van der Waals surface area contributed by atoms with E-state index in [4.69, 9.17) is 0 Å². The van der Waals surface area contributed by atoms with Crippen LogP contribution in [0.5, 0.6) is 0 Å². The minimum atomic E-state index is -2.35. The second-order valence-corrected chi connectivity index (χ2v) is 3.84. The minimum Gasteiger partial charge on any atom is -0.327 e. The van der Waals surface area contributed by atoms with Crippen molar-refractivity contribution in [2.45, 2.75) is 13.0 Å². The highest BCUT2D eigenvalue weighted by Crippen LogP contribution is 2.18. The van der Waals surface area contributed by atoms with Crippen LogP contribution in [0.2, 0.25) is 0 Å². The number of nitrogens with zero attached hydrogens (tertiary/aromatic N) is 2. The third-order valence-electron chi connectivity index (χ3n) is 1.90. The molecule has 0 saturated carbocycles. The summed E-state index contributed by atoms with van der Waals surface area (Å²) < 4.78 is 26.6. The Morgan fingerprint density at radius 2 is 2.29 bits per heavy atom. The first-order valence-electron chi connectivity index (χ1n) is 4.05. The summed E-state index contributed by atoms with van der Waals surface area (Å²) in [6, 6.07) is 3.62. The molecule has 0 aliphatic heterocycles. The third-order valence-corrected chi connectivity index (χ3v) is 2.34. The van der Waals surface area contributed by atoms with Gasteiger partial charge >= 0.3 is 0 Å². The summed E-state index contributed by atoms with van der Waals surface area (Å²) in [7, 11) is 0. The lowest BCUT2D eigenvalue weighted by Crippen LogP contribution is -2.05. The number of rotatable bonds is 2. The molecule has 2 aromatic rings. The zero-order chi connectivity index (χ0) is 10.1. The third kappa shape index (κ3) is 1.77. The van der Waals surface area contributed by atoms with Crippen molar-refractivity contribution >= 4 is 27.0 Å². The van der Waals surface area contributed by atoms with E-state index in [2.05, 4.69) is 20.9 Å². The highest BCUT2D eigenvalue weighted by Gasteiger charge is 2.07. The van der Waals surface area contributed by atoms with E-state index < -0.39 is 6.43 Å². The van der Waals surface area contributed by atoms with Gasteiger partial charge in [0.05, 0.1) is 6.54 Å². The molecule has 0 aliphatic carbocycles. The van der Waals surface area contributed by atoms with E-state index in [1.165, 1.54) is 4.57 Å². The largest absolute Gasteiger partial charge is 0.327 e. The Morgan fingerprint density at radius 3 is 3.00 bits per heavy atom. The van der Waals surface area contributed by atoms with Gasteiger partial charge in [-0.3, -0.25) is 0 Å². The first-order chi connectivity index (χ1) is 6.66. The Labute approximate surface area is 87.7 Å². The number of pyridine rings is 1. The van der Waals surface area contributed by atoms with Crippen LogP contribution in [0.15, 0.2) is 29.0 Å². The van der Waals surface area contributed by atoms with Gasteiger partial charge < -0.3 is 4.57 Å². The maximum atomic E-state index is 12.1. The Morgan fingerprint density at radius 1 is 1.50 bits per heavy atom. The Bertz CT molecular complexity index is 453. The molecule has 0 atom stereocenters. The molecule has 0 N–H and O–H groups in total. The van der Waals surface area contributed by atoms with Gasteiger partial charge in [-0.15, -0.1) is 0 Å². The summed E-state index contributed by atoms with van der Waals surface area (Å²) >= 11 is 3.27. The molecule has 0 aliphatic rings. The second kappa shape index (κ2) is 3.65. The van der Waals surface area contributed by atoms with Crippen LogP contribution in [0.4, 0.5) is 8.78 Å². The van der Waals surface area contributed by atoms with Crippen molar-refractivity contribution in [1.29, 1.82) is 0 Å². The average molecular weight is 261 g/mol. The fourth-order valence-corrected chi connectivity index (χ4v) is 1.70. The van der Waals surface area contributed by atoms with Gasteiger partial charge in [0, 0.05) is 22.3 Å². The number of hydrogen-bond acceptors (Lipinski definition) is 1. The lowest BCUT2D eigenvalue weighted by atomic mass is 10.3. The first kappa shape index (κ1) is 9.58. The van der Waals surface area contributed by atoms with Crippen molar-refractivity contribution in [2.75, 3.05) is 0 Å². The maximum absolute atomic E-state index is 12.1. The van der Waals surface area contributed by atoms with Crippen molar-refractivity contribution in [1.82, 2.24) is 9.55 Å². The summed E-state index contributed by atoms with van der Waals surface area (Å²) in [6.45, 7) is -0.307. The molecule has 0 saturated heterocycles. The number of hydrogen-bond donors (Lipinski definition) is 0. The van der Waals surface area contributed by atoms with Crippen LogP contribution in [-0.2, 0) is 6.54 Å². The van der Waals surface area contributed by atoms with Gasteiger partial charge in [-0.2, -0.15) is 0 Å². The van der Waals surface area contributed by atoms with Crippen LogP contribution in [0.25, 0.3) is 11.0 Å². The molecule has 5 heteroatoms. The van der Waals surface area contributed by atoms with Crippen LogP contribution < -0.4 is 0 Å². The van der Waals surface area contributed by atoms with Crippen LogP contribution in [-0.4, -0.2) is 16.0 Å². The summed E-state index contributed by atoms with van der Waals surface area (Å²) in [4.78, 5) is 4.08. The highest BCUT2D eigenvalue weighted by molar-refractivity contribution is 9.10. The summed E-state index contributed by atoms with van der Waals surface area (Å²) in [5, 5.41) is 0.861. The molecule has 74 valence electrons. The molecule has 0 fully saturated rings. The van der Waals surface area contributed by atoms with Gasteiger partial charge in [0.1, 0.15) is 5.65 Å². The number of fused-ring (bicyclic) bond motifs is 1. The van der Waals surface area contributed by atoms with Gasteiger partial charge in [0.25, 0.3) is 6.43 Å². The van der Waals surface area contributed by atoms with Gasteiger partial charge in [-0.05, 0) is 28.1 Å². The standard InChI is InChI=1S/C9H7BrF2N2/c10-7-3-6-1-2-14(5-8(11)12)9(6)13-4-7/h1-4,8H,5H2. The van der Waals surface area contributed by atoms with Gasteiger partial charge in [0.15, 0.2) is 0 Å². The van der Waals surface area contributed by atoms with Gasteiger partial charge in [0.2, 0.25) is 0 Å². The second-order valence-electron chi connectivity index (χ2n) is 2.93. The molecule has 0 radical (unpaired) electrons. The quantitative estimate of drug-likeness (QED) is 0.812.